The fourth-order valence-electron chi connectivity index (χ4n) is 5.40. The van der Waals surface area contributed by atoms with E-state index < -0.39 is 0 Å². The molecule has 0 unspecified atom stereocenters. The molecule has 0 spiro atoms. The molecule has 0 radical (unpaired) electrons. The number of anilines is 2. The summed E-state index contributed by atoms with van der Waals surface area (Å²) in [5, 5.41) is 4.50. The van der Waals surface area contributed by atoms with E-state index in [1.54, 1.807) is 17.7 Å². The van der Waals surface area contributed by atoms with Crippen LogP contribution in [-0.2, 0) is 0 Å². The van der Waals surface area contributed by atoms with Crippen LogP contribution in [0.15, 0.2) is 42.2 Å². The molecule has 7 nitrogen and oxygen atoms in total. The standard InChI is InChI=1S/C28H35N7S/c1-20-6-12-34(13-7-20)10-2-3-11-35-14-8-21(9-15-35)25-17-23-27(29-18-30-28(23)33-25)32-22-4-5-24-26(16-22)36-19-31-24/h4-5,8,16-20H,2-3,6-7,9-15H2,1H3,(H2,29,30,32,33). The summed E-state index contributed by atoms with van der Waals surface area (Å²) in [6.45, 7) is 9.59. The number of nitrogens with zero attached hydrogens (tertiary/aromatic N) is 5. The predicted molar refractivity (Wildman–Crippen MR) is 150 cm³/mol. The minimum Gasteiger partial charge on any atom is -0.340 e. The number of likely N-dealkylation sites (tertiary alicyclic amines) is 1. The van der Waals surface area contributed by atoms with Gasteiger partial charge in [0.1, 0.15) is 17.8 Å². The number of nitrogens with one attached hydrogen (secondary N) is 2. The van der Waals surface area contributed by atoms with Gasteiger partial charge in [0.25, 0.3) is 0 Å². The number of piperidine rings is 1. The molecule has 1 fully saturated rings. The summed E-state index contributed by atoms with van der Waals surface area (Å²) in [6.07, 6.45) is 10.4. The summed E-state index contributed by atoms with van der Waals surface area (Å²) >= 11 is 1.65. The minimum atomic E-state index is 0.826. The lowest BCUT2D eigenvalue weighted by Gasteiger charge is -2.30. The van der Waals surface area contributed by atoms with Crippen LogP contribution < -0.4 is 5.32 Å². The van der Waals surface area contributed by atoms with Crippen molar-refractivity contribution in [2.24, 2.45) is 5.92 Å². The van der Waals surface area contributed by atoms with Crippen LogP contribution in [-0.4, -0.2) is 69.0 Å². The summed E-state index contributed by atoms with van der Waals surface area (Å²) in [5.41, 5.74) is 7.32. The zero-order valence-corrected chi connectivity index (χ0v) is 21.9. The van der Waals surface area contributed by atoms with Crippen molar-refractivity contribution in [1.82, 2.24) is 29.7 Å². The molecule has 1 saturated heterocycles. The molecular weight excluding hydrogens is 466 g/mol. The molecule has 188 valence electrons. The van der Waals surface area contributed by atoms with Crippen LogP contribution in [0.1, 0.15) is 44.7 Å². The quantitative estimate of drug-likeness (QED) is 0.292. The lowest BCUT2D eigenvalue weighted by Crippen LogP contribution is -2.34. The van der Waals surface area contributed by atoms with Crippen LogP contribution >= 0.6 is 11.3 Å². The zero-order chi connectivity index (χ0) is 24.3. The third kappa shape index (κ3) is 5.31. The third-order valence-electron chi connectivity index (χ3n) is 7.73. The second kappa shape index (κ2) is 10.7. The second-order valence-electron chi connectivity index (χ2n) is 10.3. The van der Waals surface area contributed by atoms with E-state index >= 15 is 0 Å². The van der Waals surface area contributed by atoms with E-state index in [2.05, 4.69) is 66.3 Å². The third-order valence-corrected chi connectivity index (χ3v) is 8.53. The number of H-pyrrole nitrogens is 1. The molecule has 3 aromatic heterocycles. The van der Waals surface area contributed by atoms with Crippen LogP contribution in [0, 0.1) is 5.92 Å². The lowest BCUT2D eigenvalue weighted by atomic mass is 9.99. The van der Waals surface area contributed by atoms with Gasteiger partial charge in [0.15, 0.2) is 0 Å². The monoisotopic (exact) mass is 501 g/mol. The normalized spacial score (nSPS) is 18.2. The second-order valence-corrected chi connectivity index (χ2v) is 11.2. The van der Waals surface area contributed by atoms with E-state index in [4.69, 9.17) is 0 Å². The Hall–Kier alpha value is -2.81. The van der Waals surface area contributed by atoms with Gasteiger partial charge in [-0.15, -0.1) is 11.3 Å². The van der Waals surface area contributed by atoms with Gasteiger partial charge >= 0.3 is 0 Å². The number of hydrogen-bond donors (Lipinski definition) is 2. The number of thiazole rings is 1. The molecule has 2 aliphatic heterocycles. The van der Waals surface area contributed by atoms with Gasteiger partial charge in [-0.25, -0.2) is 15.0 Å². The first-order valence-electron chi connectivity index (χ1n) is 13.3. The van der Waals surface area contributed by atoms with Gasteiger partial charge in [-0.2, -0.15) is 0 Å². The molecule has 4 aromatic rings. The topological polar surface area (TPSA) is 73.0 Å². The Kier molecular flexibility index (Phi) is 6.98. The number of hydrogen-bond acceptors (Lipinski definition) is 7. The predicted octanol–water partition coefficient (Wildman–Crippen LogP) is 5.91. The molecule has 2 N–H and O–H groups in total. The Labute approximate surface area is 216 Å². The molecule has 0 atom stereocenters. The number of unbranched alkanes of at least 4 members (excludes halogenated alkanes) is 1. The smallest absolute Gasteiger partial charge is 0.143 e. The van der Waals surface area contributed by atoms with Crippen LogP contribution in [0.3, 0.4) is 0 Å². The number of fused-ring (bicyclic) bond motifs is 2. The molecule has 0 saturated carbocycles. The van der Waals surface area contributed by atoms with Gasteiger partial charge in [0.2, 0.25) is 0 Å². The largest absolute Gasteiger partial charge is 0.340 e. The van der Waals surface area contributed by atoms with Crippen LogP contribution in [0.5, 0.6) is 0 Å². The highest BCUT2D eigenvalue weighted by molar-refractivity contribution is 7.16. The van der Waals surface area contributed by atoms with Crippen molar-refractivity contribution in [3.8, 4) is 0 Å². The minimum absolute atomic E-state index is 0.826. The van der Waals surface area contributed by atoms with Gasteiger partial charge in [-0.3, -0.25) is 4.90 Å². The fourth-order valence-corrected chi connectivity index (χ4v) is 6.11. The summed E-state index contributed by atoms with van der Waals surface area (Å²) in [6, 6.07) is 8.42. The molecule has 1 aromatic carbocycles. The molecule has 8 heteroatoms. The Bertz CT molecular complexity index is 1350. The van der Waals surface area contributed by atoms with Crippen molar-refractivity contribution in [3.63, 3.8) is 0 Å². The van der Waals surface area contributed by atoms with Gasteiger partial charge < -0.3 is 15.2 Å². The van der Waals surface area contributed by atoms with Crippen molar-refractivity contribution in [1.29, 1.82) is 0 Å². The first-order chi connectivity index (χ1) is 17.7. The Morgan fingerprint density at radius 2 is 1.89 bits per heavy atom. The summed E-state index contributed by atoms with van der Waals surface area (Å²) in [5.74, 6) is 1.74. The Morgan fingerprint density at radius 1 is 1.03 bits per heavy atom. The van der Waals surface area contributed by atoms with Gasteiger partial charge in [-0.1, -0.05) is 13.0 Å². The first kappa shape index (κ1) is 23.6. The van der Waals surface area contributed by atoms with Crippen molar-refractivity contribution in [3.05, 3.63) is 47.9 Å². The first-order valence-corrected chi connectivity index (χ1v) is 14.2. The molecule has 0 bridgehead atoms. The average molecular weight is 502 g/mol. The van der Waals surface area contributed by atoms with E-state index in [-0.39, 0.29) is 0 Å². The fraction of sp³-hybridized carbons (Fsp3) is 0.464. The summed E-state index contributed by atoms with van der Waals surface area (Å²) in [4.78, 5) is 22.2. The highest BCUT2D eigenvalue weighted by Gasteiger charge is 2.18. The maximum absolute atomic E-state index is 4.53. The van der Waals surface area contributed by atoms with Crippen molar-refractivity contribution in [2.45, 2.75) is 39.0 Å². The molecule has 5 heterocycles. The number of rotatable bonds is 8. The molecule has 2 aliphatic rings. The molecule has 6 rings (SSSR count). The summed E-state index contributed by atoms with van der Waals surface area (Å²) in [7, 11) is 0. The molecule has 0 aliphatic carbocycles. The maximum atomic E-state index is 4.53. The number of benzene rings is 1. The van der Waals surface area contributed by atoms with E-state index in [9.17, 15) is 0 Å². The SMILES string of the molecule is CC1CCN(CCCCN2CC=C(c3cc4c(Nc5ccc6ncsc6c5)ncnc4[nH]3)CC2)CC1. The molecular formula is C28H35N7S. The average Bonchev–Trinajstić information content (AvgIpc) is 3.55. The van der Waals surface area contributed by atoms with Crippen LogP contribution in [0.4, 0.5) is 11.5 Å². The van der Waals surface area contributed by atoms with Crippen LogP contribution in [0.25, 0.3) is 26.8 Å². The van der Waals surface area contributed by atoms with Gasteiger partial charge in [-0.05, 0) is 94.0 Å². The van der Waals surface area contributed by atoms with Gasteiger partial charge in [0.05, 0.1) is 21.1 Å². The van der Waals surface area contributed by atoms with Crippen molar-refractivity contribution >= 4 is 49.7 Å². The van der Waals surface area contributed by atoms with Crippen molar-refractivity contribution in [2.75, 3.05) is 44.6 Å². The van der Waals surface area contributed by atoms with Crippen LogP contribution in [0.2, 0.25) is 0 Å². The van der Waals surface area contributed by atoms with Gasteiger partial charge in [0, 0.05) is 24.5 Å². The highest BCUT2D eigenvalue weighted by Crippen LogP contribution is 2.30. The number of aromatic nitrogens is 4. The van der Waals surface area contributed by atoms with E-state index in [0.29, 0.717) is 0 Å². The lowest BCUT2D eigenvalue weighted by molar-refractivity contribution is 0.185. The summed E-state index contributed by atoms with van der Waals surface area (Å²) < 4.78 is 1.16. The van der Waals surface area contributed by atoms with E-state index in [1.807, 2.05) is 11.6 Å². The molecule has 0 amide bonds. The zero-order valence-electron chi connectivity index (χ0n) is 21.0. The maximum Gasteiger partial charge on any atom is 0.143 e. The Morgan fingerprint density at radius 3 is 2.72 bits per heavy atom. The molecule has 36 heavy (non-hydrogen) atoms. The number of aromatic amines is 1. The Balaban J connectivity index is 1.06. The highest BCUT2D eigenvalue weighted by atomic mass is 32.1. The van der Waals surface area contributed by atoms with E-state index in [0.717, 1.165) is 63.9 Å². The van der Waals surface area contributed by atoms with Crippen molar-refractivity contribution < 1.29 is 0 Å². The van der Waals surface area contributed by atoms with E-state index in [1.165, 1.54) is 57.4 Å².